The van der Waals surface area contributed by atoms with E-state index in [0.717, 1.165) is 22.5 Å². The van der Waals surface area contributed by atoms with E-state index in [1.807, 2.05) is 48.7 Å². The molecule has 2 aromatic heterocycles. The second-order valence-electron chi connectivity index (χ2n) is 5.87. The van der Waals surface area contributed by atoms with Gasteiger partial charge in [0.1, 0.15) is 6.61 Å². The van der Waals surface area contributed by atoms with Gasteiger partial charge in [-0.15, -0.1) is 0 Å². The number of aryl methyl sites for hydroxylation is 2. The van der Waals surface area contributed by atoms with Crippen LogP contribution in [0.2, 0.25) is 0 Å². The van der Waals surface area contributed by atoms with E-state index < -0.39 is 6.09 Å². The molecule has 1 amide bonds. The third kappa shape index (κ3) is 3.34. The Morgan fingerprint density at radius 1 is 1.27 bits per heavy atom. The molecule has 0 atom stereocenters. The summed E-state index contributed by atoms with van der Waals surface area (Å²) in [6.07, 6.45) is 1.31. The van der Waals surface area contributed by atoms with Crippen molar-refractivity contribution in [3.8, 4) is 5.75 Å². The monoisotopic (exact) mass is 355 g/mol. The van der Waals surface area contributed by atoms with Crippen LogP contribution in [0.4, 0.5) is 10.5 Å². The molecule has 7 nitrogen and oxygen atoms in total. The minimum atomic E-state index is -0.532. The summed E-state index contributed by atoms with van der Waals surface area (Å²) in [5.74, 6) is 0.600. The number of rotatable bonds is 5. The van der Waals surface area contributed by atoms with Gasteiger partial charge in [0.2, 0.25) is 0 Å². The lowest BCUT2D eigenvalue weighted by Gasteiger charge is -2.14. The van der Waals surface area contributed by atoms with Crippen LogP contribution in [0.5, 0.6) is 5.75 Å². The number of fused-ring (bicyclic) bond motifs is 1. The maximum atomic E-state index is 11.6. The highest BCUT2D eigenvalue weighted by atomic mass is 16.5. The molecule has 3 aromatic rings. The zero-order valence-electron chi connectivity index (χ0n) is 14.9. The van der Waals surface area contributed by atoms with Crippen LogP contribution >= 0.6 is 0 Å². The molecule has 2 N–H and O–H groups in total. The first-order chi connectivity index (χ1) is 12.5. The van der Waals surface area contributed by atoms with Crippen molar-refractivity contribution >= 4 is 17.4 Å². The Bertz CT molecular complexity index is 949. The molecule has 0 spiro atoms. The van der Waals surface area contributed by atoms with Gasteiger partial charge in [-0.25, -0.2) is 9.78 Å². The Hall–Kier alpha value is -3.06. The molecule has 1 aromatic carbocycles. The van der Waals surface area contributed by atoms with E-state index in [1.165, 1.54) is 7.11 Å². The van der Waals surface area contributed by atoms with Gasteiger partial charge in [-0.1, -0.05) is 12.1 Å². The van der Waals surface area contributed by atoms with Gasteiger partial charge in [0.15, 0.2) is 11.4 Å². The summed E-state index contributed by atoms with van der Waals surface area (Å²) in [5.41, 5.74) is 4.61. The fourth-order valence-electron chi connectivity index (χ4n) is 2.83. The Labute approximate surface area is 151 Å². The van der Waals surface area contributed by atoms with E-state index in [-0.39, 0.29) is 13.2 Å². The lowest BCUT2D eigenvalue weighted by molar-refractivity contribution is 0.187. The molecular weight excluding hydrogens is 334 g/mol. The number of carbonyl (C=O) groups excluding carboxylic acids is 1. The Balaban J connectivity index is 1.90. The fourth-order valence-corrected chi connectivity index (χ4v) is 2.83. The summed E-state index contributed by atoms with van der Waals surface area (Å²) in [6.45, 7) is 3.96. The predicted octanol–water partition coefficient (Wildman–Crippen LogP) is 3.20. The standard InChI is InChI=1S/C19H21N3O4/c1-12-6-4-7-15(21-19(24)25-3)14(12)11-26-17-8-5-9-22-16(10-23)13(2)20-18(17)22/h4-9,23H,10-11H2,1-3H3,(H,21,24). The number of aliphatic hydroxyl groups is 1. The first-order valence-corrected chi connectivity index (χ1v) is 8.18. The first kappa shape index (κ1) is 17.8. The van der Waals surface area contributed by atoms with Gasteiger partial charge < -0.3 is 14.6 Å². The second kappa shape index (κ2) is 7.45. The quantitative estimate of drug-likeness (QED) is 0.734. The SMILES string of the molecule is COC(=O)Nc1cccc(C)c1COc1cccn2c(CO)c(C)nc12. The molecule has 0 saturated carbocycles. The van der Waals surface area contributed by atoms with Crippen molar-refractivity contribution in [3.63, 3.8) is 0 Å². The van der Waals surface area contributed by atoms with Crippen LogP contribution in [-0.2, 0) is 18.0 Å². The van der Waals surface area contributed by atoms with Crippen LogP contribution in [0, 0.1) is 13.8 Å². The number of nitrogens with zero attached hydrogens (tertiary/aromatic N) is 2. The molecule has 0 aliphatic carbocycles. The third-order valence-electron chi connectivity index (χ3n) is 4.27. The van der Waals surface area contributed by atoms with Gasteiger partial charge in [0.05, 0.1) is 30.8 Å². The maximum Gasteiger partial charge on any atom is 0.411 e. The summed E-state index contributed by atoms with van der Waals surface area (Å²) >= 11 is 0. The Kier molecular flexibility index (Phi) is 5.09. The number of benzene rings is 1. The summed E-state index contributed by atoms with van der Waals surface area (Å²) in [4.78, 5) is 16.0. The van der Waals surface area contributed by atoms with Crippen LogP contribution in [0.3, 0.4) is 0 Å². The number of nitrogens with one attached hydrogen (secondary N) is 1. The number of methoxy groups -OCH3 is 1. The van der Waals surface area contributed by atoms with Crippen LogP contribution in [0.1, 0.15) is 22.5 Å². The Morgan fingerprint density at radius 2 is 2.08 bits per heavy atom. The topological polar surface area (TPSA) is 85.1 Å². The minimum Gasteiger partial charge on any atom is -0.485 e. The number of aliphatic hydroxyl groups excluding tert-OH is 1. The molecule has 0 radical (unpaired) electrons. The molecule has 2 heterocycles. The number of ether oxygens (including phenoxy) is 2. The molecule has 0 unspecified atom stereocenters. The third-order valence-corrected chi connectivity index (χ3v) is 4.27. The van der Waals surface area contributed by atoms with Crippen LogP contribution in [-0.4, -0.2) is 27.7 Å². The predicted molar refractivity (Wildman–Crippen MR) is 97.4 cm³/mol. The molecule has 26 heavy (non-hydrogen) atoms. The van der Waals surface area contributed by atoms with Gasteiger partial charge in [-0.2, -0.15) is 0 Å². The van der Waals surface area contributed by atoms with Crippen molar-refractivity contribution in [2.45, 2.75) is 27.1 Å². The maximum absolute atomic E-state index is 11.6. The van der Waals surface area contributed by atoms with Crippen molar-refractivity contribution in [1.82, 2.24) is 9.38 Å². The number of amides is 1. The highest BCUT2D eigenvalue weighted by molar-refractivity contribution is 5.85. The van der Waals surface area contributed by atoms with Crippen molar-refractivity contribution in [2.75, 3.05) is 12.4 Å². The minimum absolute atomic E-state index is 0.0958. The number of pyridine rings is 1. The molecule has 3 rings (SSSR count). The first-order valence-electron chi connectivity index (χ1n) is 8.18. The smallest absolute Gasteiger partial charge is 0.411 e. The molecule has 0 aliphatic rings. The molecule has 0 aliphatic heterocycles. The number of hydrogen-bond donors (Lipinski definition) is 2. The lowest BCUT2D eigenvalue weighted by atomic mass is 10.1. The van der Waals surface area contributed by atoms with Crippen LogP contribution in [0.15, 0.2) is 36.5 Å². The van der Waals surface area contributed by atoms with Crippen molar-refractivity contribution in [1.29, 1.82) is 0 Å². The van der Waals surface area contributed by atoms with E-state index in [4.69, 9.17) is 4.74 Å². The van der Waals surface area contributed by atoms with Gasteiger partial charge in [-0.3, -0.25) is 9.72 Å². The fraction of sp³-hybridized carbons (Fsp3) is 0.263. The highest BCUT2D eigenvalue weighted by Gasteiger charge is 2.14. The van der Waals surface area contributed by atoms with E-state index in [9.17, 15) is 9.90 Å². The van der Waals surface area contributed by atoms with Crippen molar-refractivity contribution < 1.29 is 19.4 Å². The molecule has 0 bridgehead atoms. The second-order valence-corrected chi connectivity index (χ2v) is 5.87. The Morgan fingerprint density at radius 3 is 2.81 bits per heavy atom. The summed E-state index contributed by atoms with van der Waals surface area (Å²) in [6, 6.07) is 9.27. The lowest BCUT2D eigenvalue weighted by Crippen LogP contribution is -2.14. The molecule has 7 heteroatoms. The van der Waals surface area contributed by atoms with E-state index in [0.29, 0.717) is 17.1 Å². The largest absolute Gasteiger partial charge is 0.485 e. The van der Waals surface area contributed by atoms with Gasteiger partial charge >= 0.3 is 6.09 Å². The number of anilines is 1. The van der Waals surface area contributed by atoms with Gasteiger partial charge in [0.25, 0.3) is 0 Å². The van der Waals surface area contributed by atoms with Gasteiger partial charge in [-0.05, 0) is 37.6 Å². The van der Waals surface area contributed by atoms with Crippen molar-refractivity contribution in [3.05, 3.63) is 59.0 Å². The van der Waals surface area contributed by atoms with E-state index in [2.05, 4.69) is 15.0 Å². The van der Waals surface area contributed by atoms with Gasteiger partial charge in [0, 0.05) is 11.8 Å². The number of aromatic nitrogens is 2. The zero-order chi connectivity index (χ0) is 18.7. The summed E-state index contributed by atoms with van der Waals surface area (Å²) in [7, 11) is 1.32. The molecular formula is C19H21N3O4. The number of imidazole rings is 1. The summed E-state index contributed by atoms with van der Waals surface area (Å²) < 4.78 is 12.5. The average Bonchev–Trinajstić information content (AvgIpc) is 2.96. The molecule has 136 valence electrons. The molecule has 0 fully saturated rings. The van der Waals surface area contributed by atoms with Crippen LogP contribution in [0.25, 0.3) is 5.65 Å². The van der Waals surface area contributed by atoms with Crippen LogP contribution < -0.4 is 10.1 Å². The number of carbonyl (C=O) groups is 1. The number of hydrogen-bond acceptors (Lipinski definition) is 5. The van der Waals surface area contributed by atoms with E-state index in [1.54, 1.807) is 6.07 Å². The zero-order valence-corrected chi connectivity index (χ0v) is 14.9. The summed E-state index contributed by atoms with van der Waals surface area (Å²) in [5, 5.41) is 12.2. The average molecular weight is 355 g/mol. The molecule has 0 saturated heterocycles. The normalized spacial score (nSPS) is 10.8. The highest BCUT2D eigenvalue weighted by Crippen LogP contribution is 2.26. The van der Waals surface area contributed by atoms with E-state index >= 15 is 0 Å². The van der Waals surface area contributed by atoms with Crippen molar-refractivity contribution in [2.24, 2.45) is 0 Å².